The van der Waals surface area contributed by atoms with Gasteiger partial charge in [0, 0.05) is 19.1 Å². The van der Waals surface area contributed by atoms with Gasteiger partial charge in [-0.3, -0.25) is 4.79 Å². The largest absolute Gasteiger partial charge is 0.397 e. The van der Waals surface area contributed by atoms with Crippen molar-refractivity contribution in [3.63, 3.8) is 0 Å². The Labute approximate surface area is 131 Å². The lowest BCUT2D eigenvalue weighted by molar-refractivity contribution is 0.0632. The van der Waals surface area contributed by atoms with Crippen molar-refractivity contribution in [1.82, 2.24) is 9.80 Å². The Hall–Kier alpha value is -1.26. The van der Waals surface area contributed by atoms with Crippen molar-refractivity contribution in [2.24, 2.45) is 0 Å². The number of anilines is 1. The Morgan fingerprint density at radius 3 is 2.52 bits per heavy atom. The van der Waals surface area contributed by atoms with Crippen LogP contribution in [0.5, 0.6) is 0 Å². The Kier molecular flexibility index (Phi) is 5.48. The number of halogens is 1. The standard InChI is InChI=1S/C16H24ClN3O/c1-3-19(4-2)12-8-10-20(11-9-12)16(21)13-6-5-7-14(17)15(13)18/h5-7,12H,3-4,8-11,18H2,1-2H3. The molecular weight excluding hydrogens is 286 g/mol. The van der Waals surface area contributed by atoms with Crippen LogP contribution in [0.15, 0.2) is 18.2 Å². The Morgan fingerprint density at radius 2 is 1.95 bits per heavy atom. The second kappa shape index (κ2) is 7.14. The Bertz CT molecular complexity index is 494. The average Bonchev–Trinajstić information content (AvgIpc) is 2.51. The average molecular weight is 310 g/mol. The fourth-order valence-corrected chi connectivity index (χ4v) is 3.24. The van der Waals surface area contributed by atoms with E-state index in [1.54, 1.807) is 18.2 Å². The van der Waals surface area contributed by atoms with E-state index in [0.717, 1.165) is 39.0 Å². The van der Waals surface area contributed by atoms with Crippen molar-refractivity contribution in [3.05, 3.63) is 28.8 Å². The molecule has 0 aliphatic carbocycles. The van der Waals surface area contributed by atoms with Crippen LogP contribution in [0.2, 0.25) is 5.02 Å². The number of nitrogens with two attached hydrogens (primary N) is 1. The predicted molar refractivity (Wildman–Crippen MR) is 87.7 cm³/mol. The van der Waals surface area contributed by atoms with E-state index in [0.29, 0.717) is 22.3 Å². The molecule has 1 aliphatic heterocycles. The van der Waals surface area contributed by atoms with Gasteiger partial charge in [0.2, 0.25) is 0 Å². The summed E-state index contributed by atoms with van der Waals surface area (Å²) >= 11 is 6.00. The number of nitrogens with zero attached hydrogens (tertiary/aromatic N) is 2. The molecule has 1 fully saturated rings. The van der Waals surface area contributed by atoms with Gasteiger partial charge in [0.25, 0.3) is 5.91 Å². The molecular formula is C16H24ClN3O. The molecule has 116 valence electrons. The first-order chi connectivity index (χ1) is 10.1. The third-order valence-corrected chi connectivity index (χ3v) is 4.69. The monoisotopic (exact) mass is 309 g/mol. The summed E-state index contributed by atoms with van der Waals surface area (Å²) in [7, 11) is 0. The van der Waals surface area contributed by atoms with Crippen molar-refractivity contribution < 1.29 is 4.79 Å². The van der Waals surface area contributed by atoms with Crippen LogP contribution in [0.1, 0.15) is 37.0 Å². The normalized spacial score (nSPS) is 16.5. The number of carbonyl (C=O) groups is 1. The number of hydrogen-bond donors (Lipinski definition) is 1. The van der Waals surface area contributed by atoms with E-state index in [1.807, 2.05) is 4.90 Å². The summed E-state index contributed by atoms with van der Waals surface area (Å²) in [5, 5.41) is 0.443. The van der Waals surface area contributed by atoms with E-state index in [1.165, 1.54) is 0 Å². The van der Waals surface area contributed by atoms with Gasteiger partial charge >= 0.3 is 0 Å². The number of amides is 1. The quantitative estimate of drug-likeness (QED) is 0.870. The number of piperidine rings is 1. The molecule has 1 saturated heterocycles. The molecule has 4 nitrogen and oxygen atoms in total. The van der Waals surface area contributed by atoms with Crippen LogP contribution in [0.3, 0.4) is 0 Å². The molecule has 2 rings (SSSR count). The smallest absolute Gasteiger partial charge is 0.255 e. The van der Waals surface area contributed by atoms with E-state index >= 15 is 0 Å². The summed E-state index contributed by atoms with van der Waals surface area (Å²) in [4.78, 5) is 16.9. The maximum Gasteiger partial charge on any atom is 0.255 e. The molecule has 1 aromatic carbocycles. The number of likely N-dealkylation sites (tertiary alicyclic amines) is 1. The van der Waals surface area contributed by atoms with E-state index in [2.05, 4.69) is 18.7 Å². The predicted octanol–water partition coefficient (Wildman–Crippen LogP) is 2.87. The lowest BCUT2D eigenvalue weighted by atomic mass is 10.0. The minimum absolute atomic E-state index is 0.00648. The highest BCUT2D eigenvalue weighted by molar-refractivity contribution is 6.33. The van der Waals surface area contributed by atoms with Gasteiger partial charge in [0.05, 0.1) is 16.3 Å². The molecule has 0 aromatic heterocycles. The summed E-state index contributed by atoms with van der Waals surface area (Å²) in [6.07, 6.45) is 2.04. The summed E-state index contributed by atoms with van der Waals surface area (Å²) < 4.78 is 0. The van der Waals surface area contributed by atoms with Crippen LogP contribution in [-0.2, 0) is 0 Å². The second-order valence-electron chi connectivity index (χ2n) is 5.45. The molecule has 1 aromatic rings. The number of rotatable bonds is 4. The maximum absolute atomic E-state index is 12.6. The van der Waals surface area contributed by atoms with Gasteiger partial charge in [-0.25, -0.2) is 0 Å². The lowest BCUT2D eigenvalue weighted by Crippen LogP contribution is -2.46. The highest BCUT2D eigenvalue weighted by Gasteiger charge is 2.27. The van der Waals surface area contributed by atoms with E-state index in [4.69, 9.17) is 17.3 Å². The molecule has 1 amide bonds. The topological polar surface area (TPSA) is 49.6 Å². The van der Waals surface area contributed by atoms with Gasteiger partial charge in [-0.05, 0) is 38.1 Å². The van der Waals surface area contributed by atoms with Gasteiger partial charge < -0.3 is 15.5 Å². The van der Waals surface area contributed by atoms with E-state index in [-0.39, 0.29) is 5.91 Å². The molecule has 0 unspecified atom stereocenters. The lowest BCUT2D eigenvalue weighted by Gasteiger charge is -2.37. The van der Waals surface area contributed by atoms with Gasteiger partial charge in [-0.15, -0.1) is 0 Å². The zero-order valence-corrected chi connectivity index (χ0v) is 13.6. The molecule has 0 saturated carbocycles. The van der Waals surface area contributed by atoms with Crippen molar-refractivity contribution in [1.29, 1.82) is 0 Å². The van der Waals surface area contributed by atoms with Gasteiger partial charge in [-0.2, -0.15) is 0 Å². The van der Waals surface area contributed by atoms with Gasteiger partial charge in [0.15, 0.2) is 0 Å². The number of carbonyl (C=O) groups excluding carboxylic acids is 1. The highest BCUT2D eigenvalue weighted by Crippen LogP contribution is 2.25. The molecule has 2 N–H and O–H groups in total. The fourth-order valence-electron chi connectivity index (χ4n) is 3.07. The molecule has 21 heavy (non-hydrogen) atoms. The Morgan fingerprint density at radius 1 is 1.33 bits per heavy atom. The molecule has 1 aliphatic rings. The minimum Gasteiger partial charge on any atom is -0.397 e. The third kappa shape index (κ3) is 3.50. The molecule has 0 spiro atoms. The van der Waals surface area contributed by atoms with Crippen molar-refractivity contribution in [2.75, 3.05) is 31.9 Å². The van der Waals surface area contributed by atoms with Crippen LogP contribution in [-0.4, -0.2) is 47.9 Å². The first-order valence-corrected chi connectivity index (χ1v) is 8.03. The van der Waals surface area contributed by atoms with Crippen LogP contribution in [0.4, 0.5) is 5.69 Å². The maximum atomic E-state index is 12.6. The van der Waals surface area contributed by atoms with Crippen LogP contribution >= 0.6 is 11.6 Å². The fraction of sp³-hybridized carbons (Fsp3) is 0.562. The first kappa shape index (κ1) is 16.1. The molecule has 5 heteroatoms. The van der Waals surface area contributed by atoms with Gasteiger partial charge in [-0.1, -0.05) is 31.5 Å². The summed E-state index contributed by atoms with van der Waals surface area (Å²) in [6.45, 7) is 8.08. The third-order valence-electron chi connectivity index (χ3n) is 4.36. The number of benzene rings is 1. The highest BCUT2D eigenvalue weighted by atomic mass is 35.5. The van der Waals surface area contributed by atoms with E-state index in [9.17, 15) is 4.79 Å². The Balaban J connectivity index is 2.02. The molecule has 0 atom stereocenters. The van der Waals surface area contributed by atoms with Crippen molar-refractivity contribution in [3.8, 4) is 0 Å². The van der Waals surface area contributed by atoms with Crippen molar-refractivity contribution >= 4 is 23.2 Å². The summed E-state index contributed by atoms with van der Waals surface area (Å²) in [5.74, 6) is -0.00648. The van der Waals surface area contributed by atoms with Crippen LogP contribution < -0.4 is 5.73 Å². The van der Waals surface area contributed by atoms with Gasteiger partial charge in [0.1, 0.15) is 0 Å². The molecule has 1 heterocycles. The first-order valence-electron chi connectivity index (χ1n) is 7.65. The number of para-hydroxylation sites is 1. The van der Waals surface area contributed by atoms with Crippen LogP contribution in [0, 0.1) is 0 Å². The van der Waals surface area contributed by atoms with Crippen molar-refractivity contribution in [2.45, 2.75) is 32.7 Å². The molecule has 0 bridgehead atoms. The SMILES string of the molecule is CCN(CC)C1CCN(C(=O)c2cccc(Cl)c2N)CC1. The number of hydrogen-bond acceptors (Lipinski definition) is 3. The zero-order valence-electron chi connectivity index (χ0n) is 12.8. The summed E-state index contributed by atoms with van der Waals surface area (Å²) in [5.41, 5.74) is 6.82. The zero-order chi connectivity index (χ0) is 15.4. The second-order valence-corrected chi connectivity index (χ2v) is 5.85. The summed E-state index contributed by atoms with van der Waals surface area (Å²) in [6, 6.07) is 5.82. The molecule has 0 radical (unpaired) electrons. The minimum atomic E-state index is -0.00648. The van der Waals surface area contributed by atoms with E-state index < -0.39 is 0 Å². The number of nitrogen functional groups attached to an aromatic ring is 1. The van der Waals surface area contributed by atoms with Crippen LogP contribution in [0.25, 0.3) is 0 Å².